The van der Waals surface area contributed by atoms with Crippen molar-refractivity contribution >= 4 is 11.7 Å². The first-order chi connectivity index (χ1) is 10.1. The zero-order valence-corrected chi connectivity index (χ0v) is 13.0. The van der Waals surface area contributed by atoms with Crippen molar-refractivity contribution in [1.82, 2.24) is 5.32 Å². The normalized spacial score (nSPS) is 17.0. The maximum Gasteiger partial charge on any atom is 0.320 e. The van der Waals surface area contributed by atoms with E-state index >= 15 is 0 Å². The number of benzene rings is 1. The van der Waals surface area contributed by atoms with Gasteiger partial charge >= 0.3 is 5.97 Å². The molecular formula is C17H26N2O2. The van der Waals surface area contributed by atoms with Gasteiger partial charge in [0.1, 0.15) is 6.04 Å². The minimum atomic E-state index is -0.782. The van der Waals surface area contributed by atoms with Crippen LogP contribution in [0.5, 0.6) is 0 Å². The molecule has 1 unspecified atom stereocenters. The first kappa shape index (κ1) is 15.8. The fourth-order valence-electron chi connectivity index (χ4n) is 2.81. The molecule has 1 fully saturated rings. The molecule has 1 aromatic carbocycles. The summed E-state index contributed by atoms with van der Waals surface area (Å²) in [6.45, 7) is 6.73. The predicted molar refractivity (Wildman–Crippen MR) is 85.6 cm³/mol. The number of carboxylic acids is 1. The molecule has 0 spiro atoms. The molecule has 1 heterocycles. The van der Waals surface area contributed by atoms with Crippen LogP contribution in [-0.2, 0) is 11.3 Å². The highest BCUT2D eigenvalue weighted by atomic mass is 16.4. The molecule has 0 saturated carbocycles. The van der Waals surface area contributed by atoms with Crippen LogP contribution in [0.1, 0.15) is 38.7 Å². The lowest BCUT2D eigenvalue weighted by Gasteiger charge is -2.29. The topological polar surface area (TPSA) is 52.6 Å². The van der Waals surface area contributed by atoms with Crippen molar-refractivity contribution in [2.75, 3.05) is 18.0 Å². The third-order valence-electron chi connectivity index (χ3n) is 4.12. The molecule has 4 nitrogen and oxygen atoms in total. The van der Waals surface area contributed by atoms with E-state index in [4.69, 9.17) is 5.11 Å². The third-order valence-corrected chi connectivity index (χ3v) is 4.12. The second-order valence-electron chi connectivity index (χ2n) is 6.15. The van der Waals surface area contributed by atoms with Crippen molar-refractivity contribution in [2.45, 2.75) is 45.7 Å². The molecular weight excluding hydrogens is 264 g/mol. The van der Waals surface area contributed by atoms with Crippen molar-refractivity contribution in [1.29, 1.82) is 0 Å². The number of hydrogen-bond acceptors (Lipinski definition) is 3. The van der Waals surface area contributed by atoms with E-state index < -0.39 is 12.0 Å². The smallest absolute Gasteiger partial charge is 0.320 e. The minimum Gasteiger partial charge on any atom is -0.480 e. The molecule has 116 valence electrons. The van der Waals surface area contributed by atoms with Crippen LogP contribution in [0, 0.1) is 5.92 Å². The summed E-state index contributed by atoms with van der Waals surface area (Å²) >= 11 is 0. The summed E-state index contributed by atoms with van der Waals surface area (Å²) in [6.07, 6.45) is 3.89. The second kappa shape index (κ2) is 7.46. The highest BCUT2D eigenvalue weighted by molar-refractivity contribution is 5.73. The van der Waals surface area contributed by atoms with Crippen LogP contribution < -0.4 is 10.2 Å². The lowest BCUT2D eigenvalue weighted by atomic mass is 10.0. The summed E-state index contributed by atoms with van der Waals surface area (Å²) < 4.78 is 0. The Morgan fingerprint density at radius 3 is 2.33 bits per heavy atom. The third kappa shape index (κ3) is 4.46. The SMILES string of the molecule is CC(C)C(NCc1ccc(N2CCCCC2)cc1)C(=O)O. The van der Waals surface area contributed by atoms with Gasteiger partial charge in [-0.3, -0.25) is 4.79 Å². The van der Waals surface area contributed by atoms with Crippen LogP contribution in [0.15, 0.2) is 24.3 Å². The Kier molecular flexibility index (Phi) is 5.62. The Hall–Kier alpha value is -1.55. The van der Waals surface area contributed by atoms with E-state index in [1.165, 1.54) is 24.9 Å². The van der Waals surface area contributed by atoms with Gasteiger partial charge < -0.3 is 15.3 Å². The molecule has 4 heteroatoms. The standard InChI is InChI=1S/C17H26N2O2/c1-13(2)16(17(20)21)18-12-14-6-8-15(9-7-14)19-10-4-3-5-11-19/h6-9,13,16,18H,3-5,10-12H2,1-2H3,(H,20,21). The molecule has 2 rings (SSSR count). The number of piperidine rings is 1. The maximum atomic E-state index is 11.2. The largest absolute Gasteiger partial charge is 0.480 e. The Balaban J connectivity index is 1.91. The number of nitrogens with zero attached hydrogens (tertiary/aromatic N) is 1. The molecule has 2 N–H and O–H groups in total. The van der Waals surface area contributed by atoms with Crippen molar-refractivity contribution in [3.63, 3.8) is 0 Å². The molecule has 1 aromatic rings. The number of carboxylic acid groups (broad SMARTS) is 1. The van der Waals surface area contributed by atoms with Gasteiger partial charge in [0.2, 0.25) is 0 Å². The molecule has 0 amide bonds. The fourth-order valence-corrected chi connectivity index (χ4v) is 2.81. The fraction of sp³-hybridized carbons (Fsp3) is 0.588. The summed E-state index contributed by atoms with van der Waals surface area (Å²) in [5, 5.41) is 12.3. The van der Waals surface area contributed by atoms with Crippen molar-refractivity contribution in [3.8, 4) is 0 Å². The van der Waals surface area contributed by atoms with Gasteiger partial charge in [-0.2, -0.15) is 0 Å². The quantitative estimate of drug-likeness (QED) is 0.846. The monoisotopic (exact) mass is 290 g/mol. The van der Waals surface area contributed by atoms with Crippen LogP contribution in [-0.4, -0.2) is 30.2 Å². The van der Waals surface area contributed by atoms with Gasteiger partial charge in [0.05, 0.1) is 0 Å². The molecule has 0 aliphatic carbocycles. The van der Waals surface area contributed by atoms with Crippen molar-refractivity contribution < 1.29 is 9.90 Å². The Bertz CT molecular complexity index is 450. The van der Waals surface area contributed by atoms with E-state index in [-0.39, 0.29) is 5.92 Å². The Labute approximate surface area is 127 Å². The predicted octanol–water partition coefficient (Wildman–Crippen LogP) is 2.88. The van der Waals surface area contributed by atoms with Crippen LogP contribution in [0.25, 0.3) is 0 Å². The van der Waals surface area contributed by atoms with Crippen LogP contribution in [0.4, 0.5) is 5.69 Å². The average Bonchev–Trinajstić information content (AvgIpc) is 2.48. The summed E-state index contributed by atoms with van der Waals surface area (Å²) in [7, 11) is 0. The van der Waals surface area contributed by atoms with Gasteiger partial charge in [0, 0.05) is 25.3 Å². The minimum absolute atomic E-state index is 0.0788. The summed E-state index contributed by atoms with van der Waals surface area (Å²) in [5.74, 6) is -0.704. The first-order valence-corrected chi connectivity index (χ1v) is 7.88. The number of aliphatic carboxylic acids is 1. The zero-order chi connectivity index (χ0) is 15.2. The van der Waals surface area contributed by atoms with E-state index in [2.05, 4.69) is 34.5 Å². The average molecular weight is 290 g/mol. The van der Waals surface area contributed by atoms with Gasteiger partial charge in [-0.05, 0) is 42.9 Å². The number of rotatable bonds is 6. The molecule has 1 saturated heterocycles. The lowest BCUT2D eigenvalue weighted by Crippen LogP contribution is -2.40. The van der Waals surface area contributed by atoms with Gasteiger partial charge in [-0.25, -0.2) is 0 Å². The van der Waals surface area contributed by atoms with Gasteiger partial charge in [-0.15, -0.1) is 0 Å². The highest BCUT2D eigenvalue weighted by Gasteiger charge is 2.20. The molecule has 0 radical (unpaired) electrons. The van der Waals surface area contributed by atoms with Crippen LogP contribution >= 0.6 is 0 Å². The number of carbonyl (C=O) groups is 1. The first-order valence-electron chi connectivity index (χ1n) is 7.88. The van der Waals surface area contributed by atoms with Crippen LogP contribution in [0.2, 0.25) is 0 Å². The molecule has 1 aliphatic rings. The van der Waals surface area contributed by atoms with Crippen LogP contribution in [0.3, 0.4) is 0 Å². The van der Waals surface area contributed by atoms with Gasteiger partial charge in [0.15, 0.2) is 0 Å². The summed E-state index contributed by atoms with van der Waals surface area (Å²) in [6, 6.07) is 7.99. The number of hydrogen-bond donors (Lipinski definition) is 2. The van der Waals surface area contributed by atoms with Gasteiger partial charge in [-0.1, -0.05) is 26.0 Å². The van der Waals surface area contributed by atoms with Crippen molar-refractivity contribution in [3.05, 3.63) is 29.8 Å². The Morgan fingerprint density at radius 2 is 1.81 bits per heavy atom. The second-order valence-corrected chi connectivity index (χ2v) is 6.15. The molecule has 1 aliphatic heterocycles. The van der Waals surface area contributed by atoms with E-state index in [1.807, 2.05) is 13.8 Å². The van der Waals surface area contributed by atoms with E-state index in [0.29, 0.717) is 6.54 Å². The van der Waals surface area contributed by atoms with Gasteiger partial charge in [0.25, 0.3) is 0 Å². The molecule has 0 bridgehead atoms. The number of anilines is 1. The van der Waals surface area contributed by atoms with E-state index in [1.54, 1.807) is 0 Å². The molecule has 0 aromatic heterocycles. The van der Waals surface area contributed by atoms with E-state index in [9.17, 15) is 4.79 Å². The molecule has 21 heavy (non-hydrogen) atoms. The lowest BCUT2D eigenvalue weighted by molar-refractivity contribution is -0.140. The number of nitrogens with one attached hydrogen (secondary N) is 1. The molecule has 1 atom stereocenters. The summed E-state index contributed by atoms with van der Waals surface area (Å²) in [5.41, 5.74) is 2.40. The zero-order valence-electron chi connectivity index (χ0n) is 13.0. The highest BCUT2D eigenvalue weighted by Crippen LogP contribution is 2.20. The van der Waals surface area contributed by atoms with Crippen molar-refractivity contribution in [2.24, 2.45) is 5.92 Å². The Morgan fingerprint density at radius 1 is 1.19 bits per heavy atom. The summed E-state index contributed by atoms with van der Waals surface area (Å²) in [4.78, 5) is 13.6. The maximum absolute atomic E-state index is 11.2. The van der Waals surface area contributed by atoms with E-state index in [0.717, 1.165) is 18.7 Å².